The van der Waals surface area contributed by atoms with E-state index in [9.17, 15) is 0 Å². The SMILES string of the molecule is CC(C#N)CNc1ncnc2c1c(I)cn2C. The van der Waals surface area contributed by atoms with Crippen molar-refractivity contribution in [1.29, 1.82) is 5.26 Å². The first-order valence-corrected chi connectivity index (χ1v) is 6.30. The molecule has 1 N–H and O–H groups in total. The summed E-state index contributed by atoms with van der Waals surface area (Å²) in [6, 6.07) is 2.19. The minimum Gasteiger partial charge on any atom is -0.368 e. The van der Waals surface area contributed by atoms with Crippen molar-refractivity contribution < 1.29 is 0 Å². The maximum absolute atomic E-state index is 8.76. The summed E-state index contributed by atoms with van der Waals surface area (Å²) in [5.74, 6) is 0.753. The summed E-state index contributed by atoms with van der Waals surface area (Å²) >= 11 is 2.27. The van der Waals surface area contributed by atoms with E-state index < -0.39 is 0 Å². The lowest BCUT2D eigenvalue weighted by molar-refractivity contribution is 0.783. The fourth-order valence-corrected chi connectivity index (χ4v) is 2.50. The van der Waals surface area contributed by atoms with E-state index in [1.54, 1.807) is 0 Å². The van der Waals surface area contributed by atoms with Crippen molar-refractivity contribution in [2.75, 3.05) is 11.9 Å². The molecule has 0 radical (unpaired) electrons. The predicted octanol–water partition coefficient (Wildman–Crippen LogP) is 2.14. The van der Waals surface area contributed by atoms with E-state index in [1.807, 2.05) is 24.7 Å². The van der Waals surface area contributed by atoms with Gasteiger partial charge in [-0.05, 0) is 29.5 Å². The molecule has 0 bridgehead atoms. The summed E-state index contributed by atoms with van der Waals surface area (Å²) in [5.41, 5.74) is 0.900. The Bertz CT molecular complexity index is 583. The third-order valence-corrected chi connectivity index (χ3v) is 3.32. The van der Waals surface area contributed by atoms with Crippen molar-refractivity contribution in [1.82, 2.24) is 14.5 Å². The van der Waals surface area contributed by atoms with Crippen molar-refractivity contribution in [2.45, 2.75) is 6.92 Å². The van der Waals surface area contributed by atoms with E-state index in [1.165, 1.54) is 6.33 Å². The standard InChI is InChI=1S/C11H12IN5/c1-7(3-13)4-14-10-9-8(12)5-17(2)11(9)16-6-15-10/h5-7H,4H2,1-2H3,(H,14,15,16). The highest BCUT2D eigenvalue weighted by Gasteiger charge is 2.11. The van der Waals surface area contributed by atoms with E-state index in [2.05, 4.69) is 43.9 Å². The van der Waals surface area contributed by atoms with Crippen LogP contribution in [0.1, 0.15) is 6.92 Å². The van der Waals surface area contributed by atoms with Crippen LogP contribution < -0.4 is 5.32 Å². The van der Waals surface area contributed by atoms with Gasteiger partial charge in [0.05, 0.1) is 17.4 Å². The Balaban J connectivity index is 2.38. The summed E-state index contributed by atoms with van der Waals surface area (Å²) in [7, 11) is 1.96. The highest BCUT2D eigenvalue weighted by atomic mass is 127. The molecule has 0 saturated heterocycles. The highest BCUT2D eigenvalue weighted by molar-refractivity contribution is 14.1. The maximum atomic E-state index is 8.76. The van der Waals surface area contributed by atoms with E-state index in [0.717, 1.165) is 20.4 Å². The first kappa shape index (κ1) is 12.1. The second-order valence-electron chi connectivity index (χ2n) is 3.92. The Morgan fingerprint density at radius 2 is 2.35 bits per heavy atom. The van der Waals surface area contributed by atoms with Crippen molar-refractivity contribution in [3.63, 3.8) is 0 Å². The molecular formula is C11H12IN5. The molecule has 5 nitrogen and oxygen atoms in total. The number of aromatic nitrogens is 3. The third-order valence-electron chi connectivity index (χ3n) is 2.50. The van der Waals surface area contributed by atoms with Crippen LogP contribution in [0, 0.1) is 20.8 Å². The molecule has 2 rings (SSSR count). The zero-order valence-electron chi connectivity index (χ0n) is 9.61. The number of fused-ring (bicyclic) bond motifs is 1. The van der Waals surface area contributed by atoms with Gasteiger partial charge in [-0.25, -0.2) is 9.97 Å². The summed E-state index contributed by atoms with van der Waals surface area (Å²) in [6.07, 6.45) is 3.55. The number of hydrogen-bond acceptors (Lipinski definition) is 4. The Labute approximate surface area is 113 Å². The number of hydrogen-bond donors (Lipinski definition) is 1. The van der Waals surface area contributed by atoms with Crippen molar-refractivity contribution in [2.24, 2.45) is 13.0 Å². The van der Waals surface area contributed by atoms with E-state index in [4.69, 9.17) is 5.26 Å². The lowest BCUT2D eigenvalue weighted by Crippen LogP contribution is -2.11. The number of nitriles is 1. The lowest BCUT2D eigenvalue weighted by Gasteiger charge is -2.07. The molecule has 0 saturated carbocycles. The number of nitrogens with one attached hydrogen (secondary N) is 1. The van der Waals surface area contributed by atoms with Gasteiger partial charge in [-0.3, -0.25) is 0 Å². The van der Waals surface area contributed by atoms with Crippen LogP contribution in [0.2, 0.25) is 0 Å². The van der Waals surface area contributed by atoms with Gasteiger partial charge in [-0.1, -0.05) is 0 Å². The largest absolute Gasteiger partial charge is 0.368 e. The fraction of sp³-hybridized carbons (Fsp3) is 0.364. The number of aryl methyl sites for hydroxylation is 1. The highest BCUT2D eigenvalue weighted by Crippen LogP contribution is 2.26. The van der Waals surface area contributed by atoms with E-state index in [0.29, 0.717) is 6.54 Å². The normalized spacial score (nSPS) is 12.4. The summed E-state index contributed by atoms with van der Waals surface area (Å²) in [6.45, 7) is 2.47. The molecule has 2 aromatic heterocycles. The molecule has 6 heteroatoms. The minimum absolute atomic E-state index is 0.0404. The predicted molar refractivity (Wildman–Crippen MR) is 74.5 cm³/mol. The smallest absolute Gasteiger partial charge is 0.146 e. The second-order valence-corrected chi connectivity index (χ2v) is 5.08. The minimum atomic E-state index is -0.0404. The Hall–Kier alpha value is -1.36. The van der Waals surface area contributed by atoms with Gasteiger partial charge in [0.1, 0.15) is 17.8 Å². The zero-order valence-corrected chi connectivity index (χ0v) is 11.8. The molecule has 17 heavy (non-hydrogen) atoms. The van der Waals surface area contributed by atoms with Crippen molar-refractivity contribution >= 4 is 39.4 Å². The summed E-state index contributed by atoms with van der Waals surface area (Å²) in [5, 5.41) is 13.0. The van der Waals surface area contributed by atoms with Gasteiger partial charge < -0.3 is 9.88 Å². The molecule has 0 aliphatic heterocycles. The lowest BCUT2D eigenvalue weighted by atomic mass is 10.2. The van der Waals surface area contributed by atoms with Gasteiger partial charge in [-0.15, -0.1) is 0 Å². The molecule has 1 atom stereocenters. The Kier molecular flexibility index (Phi) is 3.47. The van der Waals surface area contributed by atoms with Gasteiger partial charge >= 0.3 is 0 Å². The van der Waals surface area contributed by atoms with Crippen LogP contribution in [0.15, 0.2) is 12.5 Å². The maximum Gasteiger partial charge on any atom is 0.146 e. The third kappa shape index (κ3) is 2.34. The zero-order chi connectivity index (χ0) is 12.4. The molecule has 0 aromatic carbocycles. The van der Waals surface area contributed by atoms with Gasteiger partial charge in [-0.2, -0.15) is 5.26 Å². The van der Waals surface area contributed by atoms with E-state index >= 15 is 0 Å². The molecule has 0 spiro atoms. The average Bonchev–Trinajstić information content (AvgIpc) is 2.63. The van der Waals surface area contributed by atoms with Crippen LogP contribution in [0.4, 0.5) is 5.82 Å². The first-order chi connectivity index (χ1) is 8.13. The van der Waals surface area contributed by atoms with Crippen LogP contribution in [0.25, 0.3) is 11.0 Å². The van der Waals surface area contributed by atoms with E-state index in [-0.39, 0.29) is 5.92 Å². The van der Waals surface area contributed by atoms with Crippen molar-refractivity contribution in [3.05, 3.63) is 16.1 Å². The fourth-order valence-electron chi connectivity index (χ4n) is 1.59. The number of anilines is 1. The van der Waals surface area contributed by atoms with Crippen LogP contribution in [-0.4, -0.2) is 21.1 Å². The average molecular weight is 341 g/mol. The molecular weight excluding hydrogens is 329 g/mol. The topological polar surface area (TPSA) is 66.5 Å². The number of halogens is 1. The molecule has 0 aliphatic carbocycles. The molecule has 1 unspecified atom stereocenters. The van der Waals surface area contributed by atoms with Crippen molar-refractivity contribution in [3.8, 4) is 6.07 Å². The van der Waals surface area contributed by atoms with Crippen LogP contribution >= 0.6 is 22.6 Å². The first-order valence-electron chi connectivity index (χ1n) is 5.22. The monoisotopic (exact) mass is 341 g/mol. The quantitative estimate of drug-likeness (QED) is 0.869. The van der Waals surface area contributed by atoms with Gasteiger partial charge in [0.25, 0.3) is 0 Å². The van der Waals surface area contributed by atoms with Crippen LogP contribution in [-0.2, 0) is 7.05 Å². The molecule has 88 valence electrons. The van der Waals surface area contributed by atoms with Gasteiger partial charge in [0.2, 0.25) is 0 Å². The Morgan fingerprint density at radius 1 is 1.59 bits per heavy atom. The van der Waals surface area contributed by atoms with Gasteiger partial charge in [0.15, 0.2) is 0 Å². The molecule has 2 heterocycles. The number of rotatable bonds is 3. The van der Waals surface area contributed by atoms with Crippen LogP contribution in [0.5, 0.6) is 0 Å². The molecule has 2 aromatic rings. The molecule has 0 aliphatic rings. The summed E-state index contributed by atoms with van der Waals surface area (Å²) in [4.78, 5) is 8.49. The van der Waals surface area contributed by atoms with Crippen LogP contribution in [0.3, 0.4) is 0 Å². The second kappa shape index (κ2) is 4.87. The molecule has 0 fully saturated rings. The summed E-state index contributed by atoms with van der Waals surface area (Å²) < 4.78 is 3.07. The van der Waals surface area contributed by atoms with Gasteiger partial charge in [0, 0.05) is 23.4 Å². The molecule has 0 amide bonds. The Morgan fingerprint density at radius 3 is 3.06 bits per heavy atom. The number of nitrogens with zero attached hydrogens (tertiary/aromatic N) is 4.